The molecule has 2 aromatic carbocycles. The van der Waals surface area contributed by atoms with Gasteiger partial charge in [0, 0.05) is 35.7 Å². The summed E-state index contributed by atoms with van der Waals surface area (Å²) in [7, 11) is 0. The standard InChI is InChI=1S/C36H37F4IN6O4/c1-34-16-36(39,40)18-46(17-34)31-25-14-42-29(24-11-22(48)10-21-5-6-26(37)23(27(21)24)4-2-9-50-33(49)45-34)28(38)30(25)43-32(44-31)51-19-35-7-3-8-47(35)15-20(12-35)13-41/h5-6,10-11,14,20,48H,2-4,7-9,12-13,15-19H2,1H3,(H,45,49)/t20-,34+,35-/m0/s1. The molecule has 15 heteroatoms. The van der Waals surface area contributed by atoms with Gasteiger partial charge in [-0.3, -0.25) is 9.88 Å². The Morgan fingerprint density at radius 2 is 2.02 bits per heavy atom. The summed E-state index contributed by atoms with van der Waals surface area (Å²) < 4.78 is 76.4. The zero-order chi connectivity index (χ0) is 35.7. The van der Waals surface area contributed by atoms with Crippen molar-refractivity contribution in [3.63, 3.8) is 0 Å². The first kappa shape index (κ1) is 34.4. The van der Waals surface area contributed by atoms with Crippen LogP contribution in [-0.2, 0) is 11.2 Å². The van der Waals surface area contributed by atoms with Crippen LogP contribution in [-0.4, -0.2) is 91.9 Å². The number of hydrogen-bond donors (Lipinski definition) is 2. The number of phenolic OH excluding ortho intramolecular Hbond substituents is 1. The first-order chi connectivity index (χ1) is 24.4. The number of ether oxygens (including phenoxy) is 2. The van der Waals surface area contributed by atoms with Crippen molar-refractivity contribution < 1.29 is 36.9 Å². The maximum atomic E-state index is 17.1. The first-order valence-corrected chi connectivity index (χ1v) is 18.7. The fourth-order valence-electron chi connectivity index (χ4n) is 8.76. The van der Waals surface area contributed by atoms with Gasteiger partial charge < -0.3 is 24.8 Å². The average Bonchev–Trinajstić information content (AvgIpc) is 3.62. The maximum Gasteiger partial charge on any atom is 0.407 e. The summed E-state index contributed by atoms with van der Waals surface area (Å²) in [5, 5.41) is 14.1. The maximum absolute atomic E-state index is 17.1. The fraction of sp³-hybridized carbons (Fsp3) is 0.500. The van der Waals surface area contributed by atoms with Crippen LogP contribution in [0, 0.1) is 17.6 Å². The van der Waals surface area contributed by atoms with E-state index in [1.807, 2.05) is 0 Å². The molecule has 3 fully saturated rings. The average molecular weight is 821 g/mol. The number of rotatable bonds is 4. The van der Waals surface area contributed by atoms with Crippen LogP contribution in [0.2, 0.25) is 0 Å². The number of aryl methyl sites for hydroxylation is 1. The van der Waals surface area contributed by atoms with Gasteiger partial charge in [0.1, 0.15) is 35.2 Å². The van der Waals surface area contributed by atoms with Gasteiger partial charge in [0.15, 0.2) is 5.82 Å². The summed E-state index contributed by atoms with van der Waals surface area (Å²) in [5.41, 5.74) is -1.79. The second-order valence-corrected chi connectivity index (χ2v) is 15.6. The second kappa shape index (κ2) is 12.7. The summed E-state index contributed by atoms with van der Waals surface area (Å²) >= 11 is 2.40. The van der Waals surface area contributed by atoms with Crippen molar-refractivity contribution in [2.45, 2.75) is 62.4 Å². The van der Waals surface area contributed by atoms with Crippen LogP contribution >= 0.6 is 22.6 Å². The number of nitrogens with zero attached hydrogens (tertiary/aromatic N) is 5. The molecule has 10 nitrogen and oxygen atoms in total. The Balaban J connectivity index is 1.32. The van der Waals surface area contributed by atoms with Gasteiger partial charge in [-0.15, -0.1) is 0 Å². The number of carbonyl (C=O) groups excluding carboxylic acids is 1. The molecule has 9 rings (SSSR count). The third-order valence-electron chi connectivity index (χ3n) is 10.7. The van der Waals surface area contributed by atoms with Gasteiger partial charge in [0.2, 0.25) is 0 Å². The lowest BCUT2D eigenvalue weighted by atomic mass is 9.88. The topological polar surface area (TPSA) is 113 Å². The summed E-state index contributed by atoms with van der Waals surface area (Å²) in [5.74, 6) is -4.45. The Morgan fingerprint density at radius 1 is 1.18 bits per heavy atom. The number of fused-ring (bicyclic) bond motifs is 7. The Hall–Kier alpha value is -3.73. The van der Waals surface area contributed by atoms with Gasteiger partial charge in [-0.05, 0) is 86.0 Å². The van der Waals surface area contributed by atoms with E-state index >= 15 is 17.6 Å². The molecule has 0 radical (unpaired) electrons. The zero-order valence-electron chi connectivity index (χ0n) is 28.0. The Kier molecular flexibility index (Phi) is 8.58. The van der Waals surface area contributed by atoms with Gasteiger partial charge >= 0.3 is 12.1 Å². The van der Waals surface area contributed by atoms with Crippen molar-refractivity contribution >= 4 is 56.2 Å². The number of alkyl halides is 3. The number of carbonyl (C=O) groups is 1. The number of phenols is 1. The molecule has 51 heavy (non-hydrogen) atoms. The number of hydrogen-bond acceptors (Lipinski definition) is 9. The largest absolute Gasteiger partial charge is 0.508 e. The molecule has 5 aliphatic rings. The molecule has 7 heterocycles. The molecular weight excluding hydrogens is 783 g/mol. The molecule has 0 aliphatic carbocycles. The normalized spacial score (nSPS) is 26.4. The van der Waals surface area contributed by atoms with E-state index in [9.17, 15) is 9.90 Å². The van der Waals surface area contributed by atoms with Crippen molar-refractivity contribution in [1.29, 1.82) is 0 Å². The number of halogens is 5. The zero-order valence-corrected chi connectivity index (χ0v) is 30.1. The summed E-state index contributed by atoms with van der Waals surface area (Å²) in [6.45, 7) is 2.64. The molecule has 0 spiro atoms. The number of piperidine rings is 1. The summed E-state index contributed by atoms with van der Waals surface area (Å²) in [6.07, 6.45) is 2.89. The summed E-state index contributed by atoms with van der Waals surface area (Å²) in [4.78, 5) is 30.3. The number of nitrogens with one attached hydrogen (secondary N) is 1. The first-order valence-electron chi connectivity index (χ1n) is 17.2. The van der Waals surface area contributed by atoms with E-state index in [0.717, 1.165) is 36.8 Å². The summed E-state index contributed by atoms with van der Waals surface area (Å²) in [6, 6.07) is 5.33. The molecule has 3 atom stereocenters. The van der Waals surface area contributed by atoms with E-state index < -0.39 is 42.2 Å². The monoisotopic (exact) mass is 820 g/mol. The van der Waals surface area contributed by atoms with E-state index in [2.05, 4.69) is 47.8 Å². The smallest absolute Gasteiger partial charge is 0.407 e. The molecule has 4 aromatic rings. The molecule has 2 aromatic heterocycles. The fourth-order valence-corrected chi connectivity index (χ4v) is 9.35. The molecule has 0 saturated carbocycles. The van der Waals surface area contributed by atoms with Gasteiger partial charge in [-0.1, -0.05) is 28.7 Å². The molecule has 6 bridgehead atoms. The Labute approximate surface area is 305 Å². The van der Waals surface area contributed by atoms with Crippen molar-refractivity contribution in [1.82, 2.24) is 25.2 Å². The number of aromatic nitrogens is 3. The number of pyridine rings is 1. The third-order valence-corrected chi connectivity index (χ3v) is 12.0. The van der Waals surface area contributed by atoms with Gasteiger partial charge in [0.05, 0.1) is 29.6 Å². The molecule has 1 amide bonds. The van der Waals surface area contributed by atoms with Gasteiger partial charge in [-0.2, -0.15) is 9.97 Å². The van der Waals surface area contributed by atoms with Crippen molar-refractivity contribution in [2.24, 2.45) is 5.92 Å². The van der Waals surface area contributed by atoms with Crippen LogP contribution < -0.4 is 15.0 Å². The van der Waals surface area contributed by atoms with Crippen LogP contribution in [0.25, 0.3) is 32.9 Å². The Bertz CT molecular complexity index is 2060. The van der Waals surface area contributed by atoms with Crippen molar-refractivity contribution in [3.8, 4) is 23.0 Å². The highest BCUT2D eigenvalue weighted by Gasteiger charge is 2.50. The van der Waals surface area contributed by atoms with Gasteiger partial charge in [-0.25, -0.2) is 22.4 Å². The van der Waals surface area contributed by atoms with Gasteiger partial charge in [0.25, 0.3) is 5.92 Å². The number of aromatic hydroxyl groups is 1. The van der Waals surface area contributed by atoms with E-state index in [0.29, 0.717) is 16.7 Å². The highest BCUT2D eigenvalue weighted by molar-refractivity contribution is 14.1. The lowest BCUT2D eigenvalue weighted by Gasteiger charge is -2.44. The Morgan fingerprint density at radius 3 is 2.84 bits per heavy atom. The molecule has 0 unspecified atom stereocenters. The van der Waals surface area contributed by atoms with Crippen molar-refractivity contribution in [2.75, 3.05) is 48.7 Å². The number of alkyl carbamates (subject to hydrolysis) is 1. The van der Waals surface area contributed by atoms with Crippen LogP contribution in [0.5, 0.6) is 11.8 Å². The molecule has 270 valence electrons. The molecule has 2 N–H and O–H groups in total. The minimum Gasteiger partial charge on any atom is -0.508 e. The minimum absolute atomic E-state index is 0.0251. The molecule has 3 saturated heterocycles. The third kappa shape index (κ3) is 6.27. The molecule has 5 aliphatic heterocycles. The van der Waals surface area contributed by atoms with Crippen molar-refractivity contribution in [3.05, 3.63) is 47.7 Å². The second-order valence-electron chi connectivity index (χ2n) is 14.7. The van der Waals surface area contributed by atoms with Crippen LogP contribution in [0.3, 0.4) is 0 Å². The SMILES string of the molecule is C[C@]12CN(CC(F)(F)C1)c1nc(OC[C@@]34CCCN3C[C@H](CI)C4)nc3c(F)c(ncc13)-c1cc(O)cc3ccc(F)c(c13)CCCOC(=O)N2. The van der Waals surface area contributed by atoms with E-state index in [1.54, 1.807) is 0 Å². The predicted molar refractivity (Wildman–Crippen MR) is 191 cm³/mol. The highest BCUT2D eigenvalue weighted by atomic mass is 127. The van der Waals surface area contributed by atoms with E-state index in [-0.39, 0.29) is 83.4 Å². The highest BCUT2D eigenvalue weighted by Crippen LogP contribution is 2.44. The lowest BCUT2D eigenvalue weighted by molar-refractivity contribution is -0.0390. The van der Waals surface area contributed by atoms with Crippen LogP contribution in [0.4, 0.5) is 28.2 Å². The quantitative estimate of drug-likeness (QED) is 0.131. The van der Waals surface area contributed by atoms with Crippen LogP contribution in [0.15, 0.2) is 30.5 Å². The number of anilines is 1. The minimum atomic E-state index is -3.28. The van der Waals surface area contributed by atoms with E-state index in [1.165, 1.54) is 42.3 Å². The molecular formula is C36H37F4IN6O4. The number of amides is 1. The van der Waals surface area contributed by atoms with E-state index in [4.69, 9.17) is 9.47 Å². The van der Waals surface area contributed by atoms with Crippen LogP contribution in [0.1, 0.15) is 44.6 Å². The lowest BCUT2D eigenvalue weighted by Crippen LogP contribution is -2.63. The number of benzene rings is 2. The predicted octanol–water partition coefficient (Wildman–Crippen LogP) is 6.77.